The van der Waals surface area contributed by atoms with Crippen molar-refractivity contribution in [3.63, 3.8) is 0 Å². The summed E-state index contributed by atoms with van der Waals surface area (Å²) in [7, 11) is -1.81. The summed E-state index contributed by atoms with van der Waals surface area (Å²) in [6, 6.07) is 0. The Morgan fingerprint density at radius 2 is 1.11 bits per heavy atom. The second-order valence-corrected chi connectivity index (χ2v) is 6.11. The van der Waals surface area contributed by atoms with Crippen LogP contribution in [0.25, 0.3) is 0 Å². The molecule has 2 nitrogen and oxygen atoms in total. The molecule has 56 valence electrons. The fraction of sp³-hybridized carbons (Fsp3) is 1.00. The van der Waals surface area contributed by atoms with Crippen LogP contribution in [0.2, 0.25) is 0 Å². The molecular weight excluding hydrogens is 132 g/mol. The zero-order chi connectivity index (χ0) is 7.65. The van der Waals surface area contributed by atoms with Crippen LogP contribution in [-0.4, -0.2) is 10.5 Å². The molecule has 0 aliphatic carbocycles. The van der Waals surface area contributed by atoms with Gasteiger partial charge in [-0.2, -0.15) is 0 Å². The molecule has 0 aromatic rings. The zero-order valence-electron chi connectivity index (χ0n) is 6.56. The van der Waals surface area contributed by atoms with E-state index in [2.05, 4.69) is 0 Å². The van der Waals surface area contributed by atoms with E-state index in [0.717, 1.165) is 0 Å². The predicted molar refractivity (Wildman–Crippen MR) is 43.1 cm³/mol. The van der Waals surface area contributed by atoms with E-state index in [4.69, 9.17) is 9.56 Å². The van der Waals surface area contributed by atoms with E-state index in [-0.39, 0.29) is 10.5 Å². The highest BCUT2D eigenvalue weighted by atomic mass is 32.2. The molecule has 0 saturated heterocycles. The lowest BCUT2D eigenvalue weighted by atomic mass is 10.5. The Balaban J connectivity index is 4.42. The summed E-state index contributed by atoms with van der Waals surface area (Å²) in [4.78, 5) is 0. The third-order valence-electron chi connectivity index (χ3n) is 1.49. The molecule has 0 aliphatic rings. The Labute approximate surface area is 58.1 Å². The standard InChI is InChI=1S/C6H16N2S/c1-5(2)9(7,8)6(3)4/h5-8H,1-4H3. The number of rotatable bonds is 2. The van der Waals surface area contributed by atoms with Crippen LogP contribution in [0, 0.1) is 9.56 Å². The molecule has 0 unspecified atom stereocenters. The van der Waals surface area contributed by atoms with Crippen molar-refractivity contribution < 1.29 is 0 Å². The third-order valence-corrected chi connectivity index (χ3v) is 4.46. The van der Waals surface area contributed by atoms with Crippen molar-refractivity contribution in [1.82, 2.24) is 0 Å². The van der Waals surface area contributed by atoms with Crippen LogP contribution < -0.4 is 0 Å². The first-order chi connectivity index (χ1) is 3.89. The van der Waals surface area contributed by atoms with Crippen molar-refractivity contribution in [1.29, 1.82) is 9.56 Å². The lowest BCUT2D eigenvalue weighted by molar-refractivity contribution is 1.00. The van der Waals surface area contributed by atoms with Crippen molar-refractivity contribution in [2.45, 2.75) is 38.2 Å². The third kappa shape index (κ3) is 1.97. The quantitative estimate of drug-likeness (QED) is 0.604. The maximum atomic E-state index is 7.59. The van der Waals surface area contributed by atoms with Crippen molar-refractivity contribution in [3.8, 4) is 0 Å². The van der Waals surface area contributed by atoms with Crippen molar-refractivity contribution in [2.75, 3.05) is 0 Å². The molecule has 0 fully saturated rings. The van der Waals surface area contributed by atoms with E-state index >= 15 is 0 Å². The molecule has 9 heavy (non-hydrogen) atoms. The zero-order valence-corrected chi connectivity index (χ0v) is 7.38. The molecule has 0 aromatic carbocycles. The Morgan fingerprint density at radius 3 is 1.11 bits per heavy atom. The molecule has 0 aromatic heterocycles. The van der Waals surface area contributed by atoms with Gasteiger partial charge in [0.2, 0.25) is 0 Å². The van der Waals surface area contributed by atoms with Gasteiger partial charge in [0, 0.05) is 10.5 Å². The normalized spacial score (nSPS) is 13.1. The first-order valence-electron chi connectivity index (χ1n) is 3.19. The molecule has 3 heteroatoms. The maximum Gasteiger partial charge on any atom is 0.0189 e. The number of hydrogen-bond donors (Lipinski definition) is 2. The average molecular weight is 148 g/mol. The highest BCUT2D eigenvalue weighted by molar-refractivity contribution is 7.94. The van der Waals surface area contributed by atoms with E-state index in [0.29, 0.717) is 0 Å². The van der Waals surface area contributed by atoms with Gasteiger partial charge in [-0.3, -0.25) is 9.56 Å². The van der Waals surface area contributed by atoms with E-state index in [1.54, 1.807) is 0 Å². The number of hydrogen-bond acceptors (Lipinski definition) is 2. The first kappa shape index (κ1) is 8.95. The Hall–Kier alpha value is -0.0500. The van der Waals surface area contributed by atoms with Crippen molar-refractivity contribution in [2.24, 2.45) is 0 Å². The van der Waals surface area contributed by atoms with Gasteiger partial charge in [-0.05, 0) is 0 Å². The fourth-order valence-corrected chi connectivity index (χ4v) is 1.63. The molecule has 2 N–H and O–H groups in total. The van der Waals surface area contributed by atoms with Gasteiger partial charge >= 0.3 is 0 Å². The summed E-state index contributed by atoms with van der Waals surface area (Å²) in [5.41, 5.74) is 0. The second-order valence-electron chi connectivity index (χ2n) is 2.81. The van der Waals surface area contributed by atoms with Gasteiger partial charge in [0.25, 0.3) is 0 Å². The van der Waals surface area contributed by atoms with Gasteiger partial charge in [0.05, 0.1) is 0 Å². The topological polar surface area (TPSA) is 47.7 Å². The minimum Gasteiger partial charge on any atom is -0.270 e. The molecule has 0 amide bonds. The Bertz CT molecular complexity index is 151. The molecule has 0 radical (unpaired) electrons. The molecule has 0 saturated carbocycles. The molecule has 0 atom stereocenters. The summed E-state index contributed by atoms with van der Waals surface area (Å²) in [6.07, 6.45) is 0. The van der Waals surface area contributed by atoms with E-state index in [1.807, 2.05) is 27.7 Å². The molecule has 0 rings (SSSR count). The van der Waals surface area contributed by atoms with Gasteiger partial charge in [0.1, 0.15) is 0 Å². The summed E-state index contributed by atoms with van der Waals surface area (Å²) in [5, 5.41) is 0.412. The monoisotopic (exact) mass is 148 g/mol. The van der Waals surface area contributed by atoms with Crippen LogP contribution in [0.3, 0.4) is 0 Å². The maximum absolute atomic E-state index is 7.59. The SMILES string of the molecule is CC(C)S(=N)(=N)C(C)C. The Kier molecular flexibility index (Phi) is 2.67. The summed E-state index contributed by atoms with van der Waals surface area (Å²) in [6.45, 7) is 7.81. The summed E-state index contributed by atoms with van der Waals surface area (Å²) >= 11 is 0. The van der Waals surface area contributed by atoms with Crippen LogP contribution in [0.15, 0.2) is 0 Å². The summed E-state index contributed by atoms with van der Waals surface area (Å²) < 4.78 is 15.2. The highest BCUT2D eigenvalue weighted by Gasteiger charge is 2.10. The smallest absolute Gasteiger partial charge is 0.0189 e. The van der Waals surface area contributed by atoms with E-state index in [9.17, 15) is 0 Å². The van der Waals surface area contributed by atoms with Crippen molar-refractivity contribution >= 4 is 9.62 Å². The Morgan fingerprint density at radius 1 is 0.889 bits per heavy atom. The lowest BCUT2D eigenvalue weighted by Gasteiger charge is -2.18. The highest BCUT2D eigenvalue weighted by Crippen LogP contribution is 2.09. The lowest BCUT2D eigenvalue weighted by Crippen LogP contribution is -2.20. The average Bonchev–Trinajstić information content (AvgIpc) is 1.65. The largest absolute Gasteiger partial charge is 0.270 e. The van der Waals surface area contributed by atoms with Crippen molar-refractivity contribution in [3.05, 3.63) is 0 Å². The van der Waals surface area contributed by atoms with E-state index < -0.39 is 9.62 Å². The first-order valence-corrected chi connectivity index (χ1v) is 4.95. The van der Waals surface area contributed by atoms with Crippen LogP contribution in [0.1, 0.15) is 27.7 Å². The molecule has 0 heterocycles. The van der Waals surface area contributed by atoms with Crippen LogP contribution >= 0.6 is 0 Å². The van der Waals surface area contributed by atoms with E-state index in [1.165, 1.54) is 0 Å². The van der Waals surface area contributed by atoms with Crippen LogP contribution in [0.5, 0.6) is 0 Å². The molecule has 0 bridgehead atoms. The molecular formula is C6H16N2S. The van der Waals surface area contributed by atoms with Gasteiger partial charge in [-0.15, -0.1) is 0 Å². The fourth-order valence-electron chi connectivity index (χ4n) is 0.544. The van der Waals surface area contributed by atoms with Gasteiger partial charge < -0.3 is 0 Å². The second kappa shape index (κ2) is 2.69. The van der Waals surface area contributed by atoms with Crippen LogP contribution in [-0.2, 0) is 9.62 Å². The van der Waals surface area contributed by atoms with Crippen LogP contribution in [0.4, 0.5) is 0 Å². The van der Waals surface area contributed by atoms with Gasteiger partial charge in [0.15, 0.2) is 0 Å². The summed E-state index contributed by atoms with van der Waals surface area (Å²) in [5.74, 6) is 0. The van der Waals surface area contributed by atoms with Gasteiger partial charge in [-0.25, -0.2) is 0 Å². The minimum atomic E-state index is -1.81. The van der Waals surface area contributed by atoms with Gasteiger partial charge in [-0.1, -0.05) is 37.3 Å². The molecule has 0 spiro atoms. The number of nitrogens with one attached hydrogen (secondary N) is 2. The molecule has 0 aliphatic heterocycles. The minimum absolute atomic E-state index is 0.206. The predicted octanol–water partition coefficient (Wildman–Crippen LogP) is 2.48.